The minimum absolute atomic E-state index is 0.0768. The molecule has 0 aromatic carbocycles. The van der Waals surface area contributed by atoms with E-state index in [2.05, 4.69) is 24.5 Å². The van der Waals surface area contributed by atoms with Crippen LogP contribution in [0.15, 0.2) is 0 Å². The van der Waals surface area contributed by atoms with Crippen molar-refractivity contribution in [3.8, 4) is 0 Å². The van der Waals surface area contributed by atoms with Gasteiger partial charge in [0.1, 0.15) is 0 Å². The highest BCUT2D eigenvalue weighted by Crippen LogP contribution is 1.97. The minimum Gasteiger partial charge on any atom is -0.481 e. The third kappa shape index (κ3) is 9.30. The number of urea groups is 1. The van der Waals surface area contributed by atoms with E-state index in [1.165, 1.54) is 0 Å². The largest absolute Gasteiger partial charge is 0.481 e. The first kappa shape index (κ1) is 14.7. The van der Waals surface area contributed by atoms with Gasteiger partial charge in [0.25, 0.3) is 0 Å². The third-order valence-corrected chi connectivity index (χ3v) is 2.18. The van der Waals surface area contributed by atoms with Gasteiger partial charge in [0.2, 0.25) is 0 Å². The molecule has 0 aromatic rings. The Morgan fingerprint density at radius 2 is 1.81 bits per heavy atom. The molecule has 0 heterocycles. The van der Waals surface area contributed by atoms with Crippen molar-refractivity contribution in [2.45, 2.75) is 46.1 Å². The van der Waals surface area contributed by atoms with Crippen LogP contribution in [-0.4, -0.2) is 29.7 Å². The summed E-state index contributed by atoms with van der Waals surface area (Å²) >= 11 is 0. The van der Waals surface area contributed by atoms with Crippen molar-refractivity contribution >= 4 is 12.0 Å². The van der Waals surface area contributed by atoms with E-state index in [9.17, 15) is 9.59 Å². The van der Waals surface area contributed by atoms with Gasteiger partial charge in [-0.15, -0.1) is 0 Å². The molecule has 0 bridgehead atoms. The van der Waals surface area contributed by atoms with Crippen molar-refractivity contribution in [3.63, 3.8) is 0 Å². The number of carbonyl (C=O) groups excluding carboxylic acids is 1. The zero-order chi connectivity index (χ0) is 12.6. The molecule has 0 saturated carbocycles. The van der Waals surface area contributed by atoms with Crippen LogP contribution in [0.5, 0.6) is 0 Å². The second kappa shape index (κ2) is 7.96. The predicted molar refractivity (Wildman–Crippen MR) is 62.3 cm³/mol. The van der Waals surface area contributed by atoms with E-state index in [-0.39, 0.29) is 18.5 Å². The van der Waals surface area contributed by atoms with Crippen LogP contribution in [0.1, 0.15) is 40.0 Å². The zero-order valence-corrected chi connectivity index (χ0v) is 10.2. The first-order valence-electron chi connectivity index (χ1n) is 5.68. The van der Waals surface area contributed by atoms with Crippen molar-refractivity contribution in [1.82, 2.24) is 10.6 Å². The Kier molecular flexibility index (Phi) is 7.33. The lowest BCUT2D eigenvalue weighted by Gasteiger charge is -2.14. The summed E-state index contributed by atoms with van der Waals surface area (Å²) in [4.78, 5) is 21.6. The summed E-state index contributed by atoms with van der Waals surface area (Å²) in [7, 11) is 0. The predicted octanol–water partition coefficient (Wildman–Crippen LogP) is 1.58. The molecule has 0 aliphatic carbocycles. The zero-order valence-electron chi connectivity index (χ0n) is 10.2. The first-order chi connectivity index (χ1) is 7.41. The Labute approximate surface area is 96.6 Å². The summed E-state index contributed by atoms with van der Waals surface area (Å²) in [5, 5.41) is 13.9. The minimum atomic E-state index is -0.839. The van der Waals surface area contributed by atoms with Gasteiger partial charge in [-0.25, -0.2) is 4.79 Å². The molecule has 1 unspecified atom stereocenters. The fourth-order valence-electron chi connectivity index (χ4n) is 1.16. The third-order valence-electron chi connectivity index (χ3n) is 2.18. The molecule has 0 radical (unpaired) electrons. The van der Waals surface area contributed by atoms with Crippen molar-refractivity contribution in [3.05, 3.63) is 0 Å². The summed E-state index contributed by atoms with van der Waals surface area (Å²) in [5.41, 5.74) is 0. The van der Waals surface area contributed by atoms with Gasteiger partial charge in [-0.3, -0.25) is 4.79 Å². The monoisotopic (exact) mass is 230 g/mol. The SMILES string of the molecule is CC(C)CCNC(=O)NC(C)CCC(=O)O. The number of rotatable bonds is 7. The van der Waals surface area contributed by atoms with E-state index < -0.39 is 5.97 Å². The number of hydrogen-bond acceptors (Lipinski definition) is 2. The molecule has 0 spiro atoms. The van der Waals surface area contributed by atoms with Gasteiger partial charge in [-0.1, -0.05) is 13.8 Å². The van der Waals surface area contributed by atoms with Crippen LogP contribution >= 0.6 is 0 Å². The van der Waals surface area contributed by atoms with Gasteiger partial charge in [-0.05, 0) is 25.7 Å². The highest BCUT2D eigenvalue weighted by Gasteiger charge is 2.08. The van der Waals surface area contributed by atoms with Crippen molar-refractivity contribution < 1.29 is 14.7 Å². The Morgan fingerprint density at radius 1 is 1.19 bits per heavy atom. The number of nitrogens with one attached hydrogen (secondary N) is 2. The molecule has 0 aliphatic rings. The van der Waals surface area contributed by atoms with E-state index in [4.69, 9.17) is 5.11 Å². The molecule has 16 heavy (non-hydrogen) atoms. The molecule has 0 aromatic heterocycles. The Morgan fingerprint density at radius 3 is 2.31 bits per heavy atom. The lowest BCUT2D eigenvalue weighted by Crippen LogP contribution is -2.41. The van der Waals surface area contributed by atoms with Gasteiger partial charge in [0.15, 0.2) is 0 Å². The van der Waals surface area contributed by atoms with Crippen LogP contribution in [0.4, 0.5) is 4.79 Å². The summed E-state index contributed by atoms with van der Waals surface area (Å²) < 4.78 is 0. The summed E-state index contributed by atoms with van der Waals surface area (Å²) in [6.07, 6.45) is 1.47. The number of carboxylic acid groups (broad SMARTS) is 1. The standard InChI is InChI=1S/C11H22N2O3/c1-8(2)6-7-12-11(16)13-9(3)4-5-10(14)15/h8-9H,4-7H2,1-3H3,(H,14,15)(H2,12,13,16). The topological polar surface area (TPSA) is 78.4 Å². The van der Waals surface area contributed by atoms with Crippen LogP contribution in [0.3, 0.4) is 0 Å². The average Bonchev–Trinajstić information content (AvgIpc) is 2.14. The quantitative estimate of drug-likeness (QED) is 0.621. The molecule has 0 fully saturated rings. The molecule has 5 nitrogen and oxygen atoms in total. The lowest BCUT2D eigenvalue weighted by atomic mass is 10.1. The van der Waals surface area contributed by atoms with Gasteiger partial charge in [0, 0.05) is 19.0 Å². The fourth-order valence-corrected chi connectivity index (χ4v) is 1.16. The number of aliphatic carboxylic acids is 1. The van der Waals surface area contributed by atoms with E-state index in [1.807, 2.05) is 0 Å². The van der Waals surface area contributed by atoms with E-state index >= 15 is 0 Å². The molecule has 94 valence electrons. The van der Waals surface area contributed by atoms with Crippen molar-refractivity contribution in [2.24, 2.45) is 5.92 Å². The maximum absolute atomic E-state index is 11.3. The summed E-state index contributed by atoms with van der Waals surface area (Å²) in [6.45, 7) is 6.63. The Hall–Kier alpha value is -1.26. The fraction of sp³-hybridized carbons (Fsp3) is 0.818. The van der Waals surface area contributed by atoms with Crippen molar-refractivity contribution in [1.29, 1.82) is 0 Å². The molecular weight excluding hydrogens is 208 g/mol. The van der Waals surface area contributed by atoms with Gasteiger partial charge in [0.05, 0.1) is 0 Å². The molecule has 0 saturated heterocycles. The Bertz CT molecular complexity index is 229. The second-order valence-electron chi connectivity index (χ2n) is 4.42. The molecule has 5 heteroatoms. The molecular formula is C11H22N2O3. The van der Waals surface area contributed by atoms with Crippen LogP contribution < -0.4 is 10.6 Å². The molecule has 2 amide bonds. The maximum Gasteiger partial charge on any atom is 0.314 e. The van der Waals surface area contributed by atoms with Gasteiger partial charge < -0.3 is 15.7 Å². The number of carbonyl (C=O) groups is 2. The number of carboxylic acids is 1. The molecule has 0 rings (SSSR count). The number of hydrogen-bond donors (Lipinski definition) is 3. The van der Waals surface area contributed by atoms with Crippen LogP contribution in [0.2, 0.25) is 0 Å². The highest BCUT2D eigenvalue weighted by atomic mass is 16.4. The highest BCUT2D eigenvalue weighted by molar-refractivity contribution is 5.74. The van der Waals surface area contributed by atoms with Gasteiger partial charge >= 0.3 is 12.0 Å². The first-order valence-corrected chi connectivity index (χ1v) is 5.68. The number of amides is 2. The normalized spacial score (nSPS) is 12.2. The molecule has 1 atom stereocenters. The van der Waals surface area contributed by atoms with Crippen LogP contribution in [-0.2, 0) is 4.79 Å². The second-order valence-corrected chi connectivity index (χ2v) is 4.42. The van der Waals surface area contributed by atoms with Gasteiger partial charge in [-0.2, -0.15) is 0 Å². The van der Waals surface area contributed by atoms with E-state index in [0.29, 0.717) is 18.9 Å². The van der Waals surface area contributed by atoms with Crippen LogP contribution in [0, 0.1) is 5.92 Å². The van der Waals surface area contributed by atoms with E-state index in [1.54, 1.807) is 6.92 Å². The summed E-state index contributed by atoms with van der Waals surface area (Å²) in [5.74, 6) is -0.279. The molecule has 0 aliphatic heterocycles. The maximum atomic E-state index is 11.3. The Balaban J connectivity index is 3.58. The lowest BCUT2D eigenvalue weighted by molar-refractivity contribution is -0.137. The van der Waals surface area contributed by atoms with E-state index in [0.717, 1.165) is 6.42 Å². The van der Waals surface area contributed by atoms with Crippen LogP contribution in [0.25, 0.3) is 0 Å². The summed E-state index contributed by atoms with van der Waals surface area (Å²) in [6, 6.07) is -0.339. The van der Waals surface area contributed by atoms with Crippen molar-refractivity contribution in [2.75, 3.05) is 6.54 Å². The molecule has 3 N–H and O–H groups in total. The average molecular weight is 230 g/mol. The smallest absolute Gasteiger partial charge is 0.314 e.